The molecule has 0 bridgehead atoms. The summed E-state index contributed by atoms with van der Waals surface area (Å²) in [5.74, 6) is -2.09. The maximum Gasteiger partial charge on any atom is 0.343 e. The van der Waals surface area contributed by atoms with Crippen molar-refractivity contribution < 1.29 is 23.9 Å². The molecule has 1 aliphatic heterocycles. The number of carbonyl (C=O) groups excluding carboxylic acids is 2. The minimum absolute atomic E-state index is 0.0573. The zero-order chi connectivity index (χ0) is 17.9. The second kappa shape index (κ2) is 6.98. The molecule has 6 nitrogen and oxygen atoms in total. The van der Waals surface area contributed by atoms with E-state index in [0.717, 1.165) is 0 Å². The Balaban J connectivity index is 2.10. The largest absolute Gasteiger partial charge is 0.479 e. The molecule has 1 aromatic carbocycles. The lowest BCUT2D eigenvalue weighted by Crippen LogP contribution is -2.38. The fourth-order valence-corrected chi connectivity index (χ4v) is 2.75. The van der Waals surface area contributed by atoms with Gasteiger partial charge in [-0.3, -0.25) is 9.59 Å². The molecule has 1 N–H and O–H groups in total. The molecule has 0 spiro atoms. The van der Waals surface area contributed by atoms with Crippen molar-refractivity contribution in [2.24, 2.45) is 0 Å². The van der Waals surface area contributed by atoms with E-state index in [0.29, 0.717) is 24.2 Å². The van der Waals surface area contributed by atoms with E-state index in [-0.39, 0.29) is 18.9 Å². The fourth-order valence-electron chi connectivity index (χ4n) is 2.75. The number of carbonyl (C=O) groups is 3. The number of carboxylic acids is 1. The molecule has 1 aromatic rings. The number of rotatable bonds is 5. The number of hydrogen-bond acceptors (Lipinski definition) is 3. The van der Waals surface area contributed by atoms with Crippen LogP contribution in [0.1, 0.15) is 41.0 Å². The van der Waals surface area contributed by atoms with Crippen LogP contribution in [0.15, 0.2) is 24.3 Å². The van der Waals surface area contributed by atoms with Gasteiger partial charge < -0.3 is 14.9 Å². The Labute approximate surface area is 139 Å². The number of amides is 2. The zero-order valence-corrected chi connectivity index (χ0v) is 13.8. The van der Waals surface area contributed by atoms with Gasteiger partial charge in [0.2, 0.25) is 5.67 Å². The zero-order valence-electron chi connectivity index (χ0n) is 13.8. The second-order valence-corrected chi connectivity index (χ2v) is 5.80. The van der Waals surface area contributed by atoms with Crippen molar-refractivity contribution in [3.05, 3.63) is 35.4 Å². The quantitative estimate of drug-likeness (QED) is 0.889. The lowest BCUT2D eigenvalue weighted by atomic mass is 10.1. The Bertz CT molecular complexity index is 642. The van der Waals surface area contributed by atoms with Crippen LogP contribution in [0.4, 0.5) is 4.39 Å². The first-order valence-electron chi connectivity index (χ1n) is 7.93. The smallest absolute Gasteiger partial charge is 0.343 e. The summed E-state index contributed by atoms with van der Waals surface area (Å²) < 4.78 is 14.1. The monoisotopic (exact) mass is 336 g/mol. The maximum absolute atomic E-state index is 14.1. The molecule has 130 valence electrons. The van der Waals surface area contributed by atoms with E-state index in [1.807, 2.05) is 13.8 Å². The van der Waals surface area contributed by atoms with Crippen LogP contribution in [-0.2, 0) is 4.79 Å². The van der Waals surface area contributed by atoms with E-state index in [1.165, 1.54) is 17.0 Å². The molecule has 0 aromatic heterocycles. The van der Waals surface area contributed by atoms with Crippen LogP contribution in [0.3, 0.4) is 0 Å². The number of alkyl halides is 1. The molecule has 1 aliphatic rings. The molecule has 2 rings (SSSR count). The third kappa shape index (κ3) is 3.39. The summed E-state index contributed by atoms with van der Waals surface area (Å²) in [5, 5.41) is 8.88. The van der Waals surface area contributed by atoms with Crippen LogP contribution < -0.4 is 0 Å². The molecule has 1 unspecified atom stereocenters. The standard InChI is InChI=1S/C17H21FN2O4/c1-3-19(4-2)14(21)12-5-7-13(8-6-12)15(22)20-10-9-17(18,11-20)16(23)24/h5-8H,3-4,9-11H2,1-2H3,(H,23,24). The number of nitrogens with zero attached hydrogens (tertiary/aromatic N) is 2. The van der Waals surface area contributed by atoms with Gasteiger partial charge >= 0.3 is 5.97 Å². The Morgan fingerprint density at radius 1 is 1.17 bits per heavy atom. The van der Waals surface area contributed by atoms with Crippen LogP contribution in [0, 0.1) is 0 Å². The first kappa shape index (κ1) is 17.9. The van der Waals surface area contributed by atoms with Crippen LogP contribution in [0.5, 0.6) is 0 Å². The summed E-state index contributed by atoms with van der Waals surface area (Å²) in [4.78, 5) is 38.3. The van der Waals surface area contributed by atoms with E-state index < -0.39 is 24.1 Å². The van der Waals surface area contributed by atoms with Crippen LogP contribution >= 0.6 is 0 Å². The third-order valence-electron chi connectivity index (χ3n) is 4.32. The summed E-state index contributed by atoms with van der Waals surface area (Å²) in [7, 11) is 0. The van der Waals surface area contributed by atoms with Crippen molar-refractivity contribution in [2.45, 2.75) is 25.9 Å². The average molecular weight is 336 g/mol. The third-order valence-corrected chi connectivity index (χ3v) is 4.32. The van der Waals surface area contributed by atoms with Gasteiger partial charge in [0.1, 0.15) is 0 Å². The van der Waals surface area contributed by atoms with Gasteiger partial charge in [0.15, 0.2) is 0 Å². The van der Waals surface area contributed by atoms with Gasteiger partial charge in [-0.2, -0.15) is 0 Å². The van der Waals surface area contributed by atoms with Gasteiger partial charge in [0.05, 0.1) is 6.54 Å². The Morgan fingerprint density at radius 2 is 1.71 bits per heavy atom. The lowest BCUT2D eigenvalue weighted by Gasteiger charge is -2.19. The van der Waals surface area contributed by atoms with Gasteiger partial charge in [-0.05, 0) is 38.1 Å². The Kier molecular flexibility index (Phi) is 5.21. The van der Waals surface area contributed by atoms with Gasteiger partial charge in [-0.15, -0.1) is 0 Å². The highest BCUT2D eigenvalue weighted by atomic mass is 19.1. The van der Waals surface area contributed by atoms with Crippen molar-refractivity contribution >= 4 is 17.8 Å². The van der Waals surface area contributed by atoms with E-state index in [2.05, 4.69) is 0 Å². The highest BCUT2D eigenvalue weighted by molar-refractivity contribution is 5.98. The van der Waals surface area contributed by atoms with E-state index in [4.69, 9.17) is 5.11 Å². The molecule has 1 atom stereocenters. The molecule has 1 fully saturated rings. The van der Waals surface area contributed by atoms with E-state index in [1.54, 1.807) is 17.0 Å². The van der Waals surface area contributed by atoms with E-state index in [9.17, 15) is 18.8 Å². The van der Waals surface area contributed by atoms with E-state index >= 15 is 0 Å². The molecule has 2 amide bonds. The molecular weight excluding hydrogens is 315 g/mol. The molecule has 1 heterocycles. The van der Waals surface area contributed by atoms with Gasteiger partial charge in [0, 0.05) is 37.2 Å². The summed E-state index contributed by atoms with van der Waals surface area (Å²) in [5.41, 5.74) is -1.60. The molecule has 1 saturated heterocycles. The van der Waals surface area contributed by atoms with Crippen molar-refractivity contribution in [3.8, 4) is 0 Å². The minimum atomic E-state index is -2.38. The summed E-state index contributed by atoms with van der Waals surface area (Å²) in [6.45, 7) is 4.56. The van der Waals surface area contributed by atoms with Gasteiger partial charge in [-0.1, -0.05) is 0 Å². The number of halogens is 1. The van der Waals surface area contributed by atoms with Crippen molar-refractivity contribution in [1.29, 1.82) is 0 Å². The van der Waals surface area contributed by atoms with Gasteiger partial charge in [-0.25, -0.2) is 9.18 Å². The van der Waals surface area contributed by atoms with Crippen LogP contribution in [0.25, 0.3) is 0 Å². The average Bonchev–Trinajstić information content (AvgIpc) is 2.99. The van der Waals surface area contributed by atoms with Crippen LogP contribution in [-0.4, -0.2) is 64.5 Å². The summed E-state index contributed by atoms with van der Waals surface area (Å²) in [6, 6.07) is 6.14. The Hall–Kier alpha value is -2.44. The van der Waals surface area contributed by atoms with Gasteiger partial charge in [0.25, 0.3) is 11.8 Å². The molecular formula is C17H21FN2O4. The lowest BCUT2D eigenvalue weighted by molar-refractivity contribution is -0.149. The molecule has 0 aliphatic carbocycles. The van der Waals surface area contributed by atoms with Crippen molar-refractivity contribution in [3.63, 3.8) is 0 Å². The number of benzene rings is 1. The first-order chi connectivity index (χ1) is 11.3. The summed E-state index contributed by atoms with van der Waals surface area (Å²) >= 11 is 0. The predicted octanol–water partition coefficient (Wildman–Crippen LogP) is 1.81. The number of aliphatic carboxylic acids is 1. The number of likely N-dealkylation sites (tertiary alicyclic amines) is 1. The molecule has 0 radical (unpaired) electrons. The normalized spacial score (nSPS) is 20.0. The minimum Gasteiger partial charge on any atom is -0.479 e. The number of carboxylic acid groups (broad SMARTS) is 1. The molecule has 7 heteroatoms. The number of hydrogen-bond donors (Lipinski definition) is 1. The van der Waals surface area contributed by atoms with Crippen LogP contribution in [0.2, 0.25) is 0 Å². The highest BCUT2D eigenvalue weighted by Crippen LogP contribution is 2.27. The predicted molar refractivity (Wildman–Crippen MR) is 85.7 cm³/mol. The second-order valence-electron chi connectivity index (χ2n) is 5.80. The first-order valence-corrected chi connectivity index (χ1v) is 7.93. The molecule has 24 heavy (non-hydrogen) atoms. The highest BCUT2D eigenvalue weighted by Gasteiger charge is 2.46. The summed E-state index contributed by atoms with van der Waals surface area (Å²) in [6.07, 6.45) is -0.216. The topological polar surface area (TPSA) is 77.9 Å². The maximum atomic E-state index is 14.1. The SMILES string of the molecule is CCN(CC)C(=O)c1ccc(C(=O)N2CCC(F)(C(=O)O)C2)cc1. The molecule has 0 saturated carbocycles. The Morgan fingerprint density at radius 3 is 2.17 bits per heavy atom. The fraction of sp³-hybridized carbons (Fsp3) is 0.471. The van der Waals surface area contributed by atoms with Crippen molar-refractivity contribution in [2.75, 3.05) is 26.2 Å². The van der Waals surface area contributed by atoms with Crippen molar-refractivity contribution in [1.82, 2.24) is 9.80 Å².